The molecule has 1 N–H and O–H groups in total. The lowest BCUT2D eigenvalue weighted by Gasteiger charge is -2.10. The molecular formula is C17H17ClF3NO4. The van der Waals surface area contributed by atoms with Crippen molar-refractivity contribution in [2.75, 3.05) is 13.2 Å². The van der Waals surface area contributed by atoms with E-state index in [1.165, 1.54) is 0 Å². The van der Waals surface area contributed by atoms with Gasteiger partial charge in [-0.2, -0.15) is 13.2 Å². The normalized spacial score (nSPS) is 11.6. The molecule has 0 spiro atoms. The van der Waals surface area contributed by atoms with Gasteiger partial charge in [0.1, 0.15) is 5.69 Å². The highest BCUT2D eigenvalue weighted by molar-refractivity contribution is 6.32. The average molecular weight is 392 g/mol. The highest BCUT2D eigenvalue weighted by Gasteiger charge is 2.34. The Labute approximate surface area is 152 Å². The zero-order valence-corrected chi connectivity index (χ0v) is 14.9. The molecule has 0 bridgehead atoms. The lowest BCUT2D eigenvalue weighted by molar-refractivity contribution is -0.143. The third-order valence-electron chi connectivity index (χ3n) is 3.66. The van der Waals surface area contributed by atoms with Crippen molar-refractivity contribution in [1.82, 2.24) is 4.98 Å². The van der Waals surface area contributed by atoms with Gasteiger partial charge in [0.2, 0.25) is 0 Å². The number of halogens is 4. The molecule has 2 rings (SSSR count). The third-order valence-corrected chi connectivity index (χ3v) is 3.98. The maximum Gasteiger partial charge on any atom is 0.417 e. The van der Waals surface area contributed by atoms with Gasteiger partial charge in [-0.25, -0.2) is 4.79 Å². The van der Waals surface area contributed by atoms with Gasteiger partial charge in [0, 0.05) is 17.3 Å². The van der Waals surface area contributed by atoms with Gasteiger partial charge >= 0.3 is 18.1 Å². The zero-order chi connectivity index (χ0) is 19.5. The molecule has 5 nitrogen and oxygen atoms in total. The summed E-state index contributed by atoms with van der Waals surface area (Å²) in [4.78, 5) is 26.5. The smallest absolute Gasteiger partial charge is 0.417 e. The minimum atomic E-state index is -4.65. The van der Waals surface area contributed by atoms with Gasteiger partial charge in [-0.05, 0) is 38.0 Å². The number of hydrogen-bond acceptors (Lipinski definition) is 4. The Morgan fingerprint density at radius 2 is 1.81 bits per heavy atom. The largest absolute Gasteiger partial charge is 0.466 e. The fraction of sp³-hybridized carbons (Fsp3) is 0.412. The number of hydrogen-bond donors (Lipinski definition) is 1. The van der Waals surface area contributed by atoms with Crippen molar-refractivity contribution in [1.29, 1.82) is 0 Å². The fourth-order valence-corrected chi connectivity index (χ4v) is 2.86. The topological polar surface area (TPSA) is 68.4 Å². The number of alkyl halides is 3. The van der Waals surface area contributed by atoms with Crippen LogP contribution >= 0.6 is 11.6 Å². The van der Waals surface area contributed by atoms with Gasteiger partial charge in [0.05, 0.1) is 23.8 Å². The SMILES string of the molecule is CCOC(=O)CCc1c(C(=O)OCC)[nH]c2cc(Cl)c(C(F)(F)F)cc12. The lowest BCUT2D eigenvalue weighted by atomic mass is 10.0. The number of aromatic nitrogens is 1. The number of carbonyl (C=O) groups is 2. The summed E-state index contributed by atoms with van der Waals surface area (Å²) in [6, 6.07) is 1.98. The molecule has 0 amide bonds. The second-order valence-electron chi connectivity index (χ2n) is 5.38. The van der Waals surface area contributed by atoms with Crippen LogP contribution < -0.4 is 0 Å². The molecule has 0 saturated heterocycles. The van der Waals surface area contributed by atoms with Crippen LogP contribution in [-0.4, -0.2) is 30.1 Å². The van der Waals surface area contributed by atoms with Crippen molar-refractivity contribution in [3.05, 3.63) is 34.0 Å². The van der Waals surface area contributed by atoms with E-state index >= 15 is 0 Å². The van der Waals surface area contributed by atoms with E-state index in [1.807, 2.05) is 0 Å². The number of nitrogens with one attached hydrogen (secondary N) is 1. The Morgan fingerprint density at radius 1 is 1.15 bits per heavy atom. The van der Waals surface area contributed by atoms with Crippen LogP contribution in [0.1, 0.15) is 41.9 Å². The summed E-state index contributed by atoms with van der Waals surface area (Å²) in [6.07, 6.45) is -4.71. The minimum absolute atomic E-state index is 0.00143. The van der Waals surface area contributed by atoms with Gasteiger partial charge in [-0.15, -0.1) is 0 Å². The zero-order valence-electron chi connectivity index (χ0n) is 14.1. The quantitative estimate of drug-likeness (QED) is 0.735. The molecule has 0 saturated carbocycles. The van der Waals surface area contributed by atoms with E-state index in [2.05, 4.69) is 4.98 Å². The Bertz CT molecular complexity index is 830. The van der Waals surface area contributed by atoms with Crippen LogP contribution in [0, 0.1) is 0 Å². The summed E-state index contributed by atoms with van der Waals surface area (Å²) in [5.74, 6) is -1.23. The highest BCUT2D eigenvalue weighted by Crippen LogP contribution is 2.38. The highest BCUT2D eigenvalue weighted by atomic mass is 35.5. The van der Waals surface area contributed by atoms with Crippen LogP contribution in [0.3, 0.4) is 0 Å². The molecule has 0 aliphatic rings. The number of aromatic amines is 1. The molecule has 0 aliphatic heterocycles. The predicted molar refractivity (Wildman–Crippen MR) is 89.2 cm³/mol. The maximum absolute atomic E-state index is 13.1. The summed E-state index contributed by atoms with van der Waals surface area (Å²) >= 11 is 5.73. The molecule has 0 atom stereocenters. The van der Waals surface area contributed by atoms with Crippen LogP contribution in [0.4, 0.5) is 13.2 Å². The van der Waals surface area contributed by atoms with Crippen molar-refractivity contribution in [3.8, 4) is 0 Å². The fourth-order valence-electron chi connectivity index (χ4n) is 2.59. The Kier molecular flexibility index (Phi) is 6.17. The first-order valence-corrected chi connectivity index (χ1v) is 8.30. The summed E-state index contributed by atoms with van der Waals surface area (Å²) in [5.41, 5.74) is -0.501. The molecule has 0 unspecified atom stereocenters. The second-order valence-corrected chi connectivity index (χ2v) is 5.79. The van der Waals surface area contributed by atoms with E-state index in [9.17, 15) is 22.8 Å². The minimum Gasteiger partial charge on any atom is -0.466 e. The summed E-state index contributed by atoms with van der Waals surface area (Å²) in [7, 11) is 0. The molecule has 1 aromatic carbocycles. The first-order valence-electron chi connectivity index (χ1n) is 7.93. The number of carbonyl (C=O) groups excluding carboxylic acids is 2. The van der Waals surface area contributed by atoms with Crippen LogP contribution in [0.15, 0.2) is 12.1 Å². The van der Waals surface area contributed by atoms with Crippen LogP contribution in [0.5, 0.6) is 0 Å². The second kappa shape index (κ2) is 7.99. The van der Waals surface area contributed by atoms with Crippen molar-refractivity contribution >= 4 is 34.4 Å². The van der Waals surface area contributed by atoms with E-state index in [4.69, 9.17) is 21.1 Å². The van der Waals surface area contributed by atoms with Gasteiger partial charge in [0.25, 0.3) is 0 Å². The number of ether oxygens (including phenoxy) is 2. The van der Waals surface area contributed by atoms with Gasteiger partial charge in [-0.1, -0.05) is 11.6 Å². The number of aryl methyl sites for hydroxylation is 1. The van der Waals surface area contributed by atoms with Crippen LogP contribution in [-0.2, 0) is 26.9 Å². The van der Waals surface area contributed by atoms with Crippen molar-refractivity contribution in [3.63, 3.8) is 0 Å². The average Bonchev–Trinajstić information content (AvgIpc) is 2.89. The molecule has 26 heavy (non-hydrogen) atoms. The number of esters is 2. The van der Waals surface area contributed by atoms with Gasteiger partial charge < -0.3 is 14.5 Å². The van der Waals surface area contributed by atoms with Crippen LogP contribution in [0.25, 0.3) is 10.9 Å². The van der Waals surface area contributed by atoms with Crippen LogP contribution in [0.2, 0.25) is 5.02 Å². The third kappa shape index (κ3) is 4.30. The molecule has 2 aromatic rings. The summed E-state index contributed by atoms with van der Waals surface area (Å²) in [5, 5.41) is -0.326. The Morgan fingerprint density at radius 3 is 2.38 bits per heavy atom. The maximum atomic E-state index is 13.1. The Hall–Kier alpha value is -2.22. The van der Waals surface area contributed by atoms with Crippen molar-refractivity contribution in [2.24, 2.45) is 0 Å². The first-order chi connectivity index (χ1) is 12.2. The molecule has 9 heteroatoms. The Balaban J connectivity index is 2.56. The predicted octanol–water partition coefficient (Wildman–Crippen LogP) is 4.51. The van der Waals surface area contributed by atoms with Crippen molar-refractivity contribution in [2.45, 2.75) is 32.9 Å². The van der Waals surface area contributed by atoms with Gasteiger partial charge in [0.15, 0.2) is 0 Å². The van der Waals surface area contributed by atoms with E-state index in [0.717, 1.165) is 12.1 Å². The molecule has 0 fully saturated rings. The lowest BCUT2D eigenvalue weighted by Crippen LogP contribution is -2.10. The first kappa shape index (κ1) is 20.1. The molecule has 0 radical (unpaired) electrons. The number of H-pyrrole nitrogens is 1. The number of rotatable bonds is 6. The van der Waals surface area contributed by atoms with E-state index in [1.54, 1.807) is 13.8 Å². The summed E-state index contributed by atoms with van der Waals surface area (Å²) in [6.45, 7) is 3.54. The van der Waals surface area contributed by atoms with E-state index in [0.29, 0.717) is 0 Å². The van der Waals surface area contributed by atoms with E-state index < -0.39 is 28.7 Å². The number of fused-ring (bicyclic) bond motifs is 1. The van der Waals surface area contributed by atoms with Gasteiger partial charge in [-0.3, -0.25) is 4.79 Å². The molecule has 1 aromatic heterocycles. The summed E-state index contributed by atoms with van der Waals surface area (Å²) < 4.78 is 49.2. The standard InChI is InChI=1S/C17H17ClF3NO4/c1-3-25-14(23)6-5-9-10-7-11(17(19,20)21)12(18)8-13(10)22-15(9)16(24)26-4-2/h7-8,22H,3-6H2,1-2H3. The molecule has 0 aliphatic carbocycles. The molecule has 1 heterocycles. The number of benzene rings is 1. The monoisotopic (exact) mass is 391 g/mol. The van der Waals surface area contributed by atoms with Crippen molar-refractivity contribution < 1.29 is 32.2 Å². The molecular weight excluding hydrogens is 375 g/mol. The van der Waals surface area contributed by atoms with E-state index in [-0.39, 0.29) is 48.2 Å². The molecule has 142 valence electrons.